The van der Waals surface area contributed by atoms with Gasteiger partial charge in [0, 0.05) is 32.2 Å². The van der Waals surface area contributed by atoms with Crippen LogP contribution >= 0.6 is 0 Å². The van der Waals surface area contributed by atoms with E-state index in [1.807, 2.05) is 12.1 Å². The molecule has 9 nitrogen and oxygen atoms in total. The number of nitrogens with one attached hydrogen (secondary N) is 1. The number of piperidine rings is 1. The summed E-state index contributed by atoms with van der Waals surface area (Å²) in [6, 6.07) is 9.35. The number of hydrogen-bond donors (Lipinski definition) is 1. The summed E-state index contributed by atoms with van der Waals surface area (Å²) >= 11 is 0. The molecule has 0 aromatic heterocycles. The Balaban J connectivity index is 1.71. The second-order valence-electron chi connectivity index (χ2n) is 8.94. The standard InChI is InChI=1S/C25H33N3O6/c1-16-10-17(2)14-27(13-16)15-19-8-6-18(7-9-19)12-26-25(29)20-11-21(32-3)23(33-4)24(34-5)22(20)28(30)31/h6-9,11,16-17H,10,12-15H2,1-5H3,(H,26,29)/t16-,17-/m1/s1. The highest BCUT2D eigenvalue weighted by Gasteiger charge is 2.32. The first-order valence-corrected chi connectivity index (χ1v) is 11.3. The Morgan fingerprint density at radius 3 is 2.15 bits per heavy atom. The van der Waals surface area contributed by atoms with Crippen LogP contribution in [-0.4, -0.2) is 50.1 Å². The van der Waals surface area contributed by atoms with Gasteiger partial charge >= 0.3 is 5.69 Å². The van der Waals surface area contributed by atoms with Crippen molar-refractivity contribution in [3.05, 3.63) is 57.1 Å². The van der Waals surface area contributed by atoms with E-state index in [1.165, 1.54) is 39.4 Å². The zero-order chi connectivity index (χ0) is 24.8. The zero-order valence-corrected chi connectivity index (χ0v) is 20.4. The van der Waals surface area contributed by atoms with E-state index in [0.29, 0.717) is 11.8 Å². The molecule has 0 bridgehead atoms. The molecular formula is C25H33N3O6. The predicted octanol–water partition coefficient (Wildman–Crippen LogP) is 4.03. The van der Waals surface area contributed by atoms with Crippen LogP contribution in [-0.2, 0) is 13.1 Å². The van der Waals surface area contributed by atoms with Crippen LogP contribution in [0.5, 0.6) is 17.2 Å². The van der Waals surface area contributed by atoms with Gasteiger partial charge in [-0.15, -0.1) is 0 Å². The summed E-state index contributed by atoms with van der Waals surface area (Å²) in [6.07, 6.45) is 1.28. The molecule has 1 aliphatic heterocycles. The van der Waals surface area contributed by atoms with E-state index in [0.717, 1.165) is 25.2 Å². The molecule has 1 amide bonds. The number of nitrogens with zero attached hydrogens (tertiary/aromatic N) is 2. The molecule has 1 saturated heterocycles. The van der Waals surface area contributed by atoms with Crippen molar-refractivity contribution in [3.63, 3.8) is 0 Å². The van der Waals surface area contributed by atoms with Gasteiger partial charge in [0.15, 0.2) is 5.75 Å². The highest BCUT2D eigenvalue weighted by Crippen LogP contribution is 2.46. The van der Waals surface area contributed by atoms with Crippen molar-refractivity contribution in [2.45, 2.75) is 33.4 Å². The van der Waals surface area contributed by atoms with Gasteiger partial charge in [0.05, 0.1) is 26.3 Å². The molecule has 2 aromatic rings. The topological polar surface area (TPSA) is 103 Å². The monoisotopic (exact) mass is 471 g/mol. The van der Waals surface area contributed by atoms with Crippen molar-refractivity contribution in [1.82, 2.24) is 10.2 Å². The molecule has 3 rings (SSSR count). The van der Waals surface area contributed by atoms with Crippen LogP contribution < -0.4 is 19.5 Å². The molecule has 1 aliphatic rings. The minimum absolute atomic E-state index is 0.0568. The van der Waals surface area contributed by atoms with Crippen LogP contribution in [0.1, 0.15) is 41.8 Å². The third-order valence-electron chi connectivity index (χ3n) is 6.06. The number of benzene rings is 2. The van der Waals surface area contributed by atoms with Crippen LogP contribution in [0.4, 0.5) is 5.69 Å². The first-order valence-electron chi connectivity index (χ1n) is 11.3. The zero-order valence-electron chi connectivity index (χ0n) is 20.4. The lowest BCUT2D eigenvalue weighted by atomic mass is 9.91. The molecule has 0 unspecified atom stereocenters. The van der Waals surface area contributed by atoms with E-state index < -0.39 is 16.5 Å². The number of likely N-dealkylation sites (tertiary alicyclic amines) is 1. The Morgan fingerprint density at radius 2 is 1.62 bits per heavy atom. The molecule has 34 heavy (non-hydrogen) atoms. The van der Waals surface area contributed by atoms with E-state index in [9.17, 15) is 14.9 Å². The molecule has 1 fully saturated rings. The Bertz CT molecular complexity index is 1010. The summed E-state index contributed by atoms with van der Waals surface area (Å²) < 4.78 is 15.6. The summed E-state index contributed by atoms with van der Waals surface area (Å²) in [5, 5.41) is 14.5. The number of methoxy groups -OCH3 is 3. The molecule has 184 valence electrons. The molecule has 2 aromatic carbocycles. The van der Waals surface area contributed by atoms with Gasteiger partial charge in [-0.2, -0.15) is 0 Å². The number of nitro benzene ring substituents is 1. The largest absolute Gasteiger partial charge is 0.493 e. The fourth-order valence-corrected chi connectivity index (χ4v) is 4.71. The summed E-state index contributed by atoms with van der Waals surface area (Å²) in [5.74, 6) is 0.867. The van der Waals surface area contributed by atoms with Crippen molar-refractivity contribution in [2.75, 3.05) is 34.4 Å². The van der Waals surface area contributed by atoms with E-state index in [-0.39, 0.29) is 29.4 Å². The molecular weight excluding hydrogens is 438 g/mol. The molecule has 2 atom stereocenters. The van der Waals surface area contributed by atoms with E-state index >= 15 is 0 Å². The smallest absolute Gasteiger partial charge is 0.327 e. The first kappa shape index (κ1) is 25.3. The summed E-state index contributed by atoms with van der Waals surface area (Å²) in [7, 11) is 4.01. The highest BCUT2D eigenvalue weighted by molar-refractivity contribution is 6.00. The summed E-state index contributed by atoms with van der Waals surface area (Å²) in [5.41, 5.74) is 1.48. The fourth-order valence-electron chi connectivity index (χ4n) is 4.71. The molecule has 0 aliphatic carbocycles. The molecule has 1 heterocycles. The Hall–Kier alpha value is -3.33. The number of ether oxygens (including phenoxy) is 3. The number of nitro groups is 1. The lowest BCUT2D eigenvalue weighted by molar-refractivity contribution is -0.386. The Kier molecular flexibility index (Phi) is 8.33. The third kappa shape index (κ3) is 5.77. The first-order chi connectivity index (χ1) is 16.3. The fraction of sp³-hybridized carbons (Fsp3) is 0.480. The predicted molar refractivity (Wildman–Crippen MR) is 129 cm³/mol. The third-order valence-corrected chi connectivity index (χ3v) is 6.06. The quantitative estimate of drug-likeness (QED) is 0.435. The van der Waals surface area contributed by atoms with Crippen molar-refractivity contribution in [1.29, 1.82) is 0 Å². The number of hydrogen-bond acceptors (Lipinski definition) is 7. The van der Waals surface area contributed by atoms with Crippen molar-refractivity contribution >= 4 is 11.6 Å². The number of amides is 1. The van der Waals surface area contributed by atoms with Crippen LogP contribution in [0, 0.1) is 22.0 Å². The maximum Gasteiger partial charge on any atom is 0.327 e. The van der Waals surface area contributed by atoms with Crippen molar-refractivity contribution in [2.24, 2.45) is 11.8 Å². The van der Waals surface area contributed by atoms with Gasteiger partial charge in [-0.3, -0.25) is 19.8 Å². The van der Waals surface area contributed by atoms with Crippen LogP contribution in [0.25, 0.3) is 0 Å². The minimum Gasteiger partial charge on any atom is -0.493 e. The minimum atomic E-state index is -0.660. The lowest BCUT2D eigenvalue weighted by Crippen LogP contribution is -2.38. The van der Waals surface area contributed by atoms with Gasteiger partial charge in [0.1, 0.15) is 5.56 Å². The summed E-state index contributed by atoms with van der Waals surface area (Å²) in [6.45, 7) is 7.94. The van der Waals surface area contributed by atoms with E-state index in [1.54, 1.807) is 0 Å². The molecule has 1 N–H and O–H groups in total. The normalized spacial score (nSPS) is 18.3. The average Bonchev–Trinajstić information content (AvgIpc) is 2.81. The van der Waals surface area contributed by atoms with Gasteiger partial charge in [-0.05, 0) is 29.4 Å². The van der Waals surface area contributed by atoms with Gasteiger partial charge in [0.25, 0.3) is 5.91 Å². The second kappa shape index (κ2) is 11.2. The summed E-state index contributed by atoms with van der Waals surface area (Å²) in [4.78, 5) is 26.5. The maximum atomic E-state index is 12.9. The second-order valence-corrected chi connectivity index (χ2v) is 8.94. The van der Waals surface area contributed by atoms with Crippen LogP contribution in [0.15, 0.2) is 30.3 Å². The van der Waals surface area contributed by atoms with Crippen LogP contribution in [0.2, 0.25) is 0 Å². The Labute approximate surface area is 200 Å². The number of carbonyl (C=O) groups is 1. The van der Waals surface area contributed by atoms with E-state index in [4.69, 9.17) is 14.2 Å². The van der Waals surface area contributed by atoms with Gasteiger partial charge in [-0.25, -0.2) is 0 Å². The molecule has 0 saturated carbocycles. The van der Waals surface area contributed by atoms with Gasteiger partial charge in [-0.1, -0.05) is 38.1 Å². The Morgan fingerprint density at radius 1 is 1.03 bits per heavy atom. The molecule has 0 radical (unpaired) electrons. The number of carbonyl (C=O) groups excluding carboxylic acids is 1. The molecule has 0 spiro atoms. The maximum absolute atomic E-state index is 12.9. The average molecular weight is 472 g/mol. The molecule has 9 heteroatoms. The van der Waals surface area contributed by atoms with Gasteiger partial charge < -0.3 is 19.5 Å². The van der Waals surface area contributed by atoms with Crippen molar-refractivity contribution < 1.29 is 23.9 Å². The van der Waals surface area contributed by atoms with Crippen molar-refractivity contribution in [3.8, 4) is 17.2 Å². The van der Waals surface area contributed by atoms with Crippen LogP contribution in [0.3, 0.4) is 0 Å². The van der Waals surface area contributed by atoms with Gasteiger partial charge in [0.2, 0.25) is 11.5 Å². The SMILES string of the molecule is COc1cc(C(=O)NCc2ccc(CN3C[C@H](C)C[C@@H](C)C3)cc2)c([N+](=O)[O-])c(OC)c1OC. The van der Waals surface area contributed by atoms with E-state index in [2.05, 4.69) is 36.2 Å². The lowest BCUT2D eigenvalue weighted by Gasteiger charge is -2.35. The highest BCUT2D eigenvalue weighted by atomic mass is 16.6. The number of rotatable bonds is 9.